The molecular weight excluding hydrogens is 218 g/mol. The Kier molecular flexibility index (Phi) is 4.11. The van der Waals surface area contributed by atoms with Crippen LogP contribution in [-0.2, 0) is 6.42 Å². The zero-order valence-corrected chi connectivity index (χ0v) is 12.1. The molecule has 0 spiro atoms. The minimum Gasteiger partial charge on any atom is -0.325 e. The third kappa shape index (κ3) is 2.77. The summed E-state index contributed by atoms with van der Waals surface area (Å²) >= 11 is 0. The fourth-order valence-corrected chi connectivity index (χ4v) is 3.47. The molecule has 0 radical (unpaired) electrons. The lowest BCUT2D eigenvalue weighted by Crippen LogP contribution is -2.50. The van der Waals surface area contributed by atoms with E-state index in [1.807, 2.05) is 0 Å². The standard InChI is InChI=1S/C17H27N/c1-4-16-7-5-6-10-17(16,18)12-15-9-8-13(2)14(3)11-15/h8-9,11,16H,4-7,10,12,18H2,1-3H3. The van der Waals surface area contributed by atoms with Crippen LogP contribution in [0.5, 0.6) is 0 Å². The molecule has 1 fully saturated rings. The van der Waals surface area contributed by atoms with Gasteiger partial charge in [0, 0.05) is 5.54 Å². The molecule has 0 aromatic heterocycles. The van der Waals surface area contributed by atoms with Crippen LogP contribution in [0.4, 0.5) is 0 Å². The molecule has 100 valence electrons. The summed E-state index contributed by atoms with van der Waals surface area (Å²) in [6, 6.07) is 6.82. The summed E-state index contributed by atoms with van der Waals surface area (Å²) in [5.74, 6) is 0.702. The second-order valence-corrected chi connectivity index (χ2v) is 6.18. The predicted molar refractivity (Wildman–Crippen MR) is 78.8 cm³/mol. The average Bonchev–Trinajstić information content (AvgIpc) is 2.34. The van der Waals surface area contributed by atoms with Gasteiger partial charge in [0.15, 0.2) is 0 Å². The van der Waals surface area contributed by atoms with Gasteiger partial charge in [0.05, 0.1) is 0 Å². The lowest BCUT2D eigenvalue weighted by Gasteiger charge is -2.41. The van der Waals surface area contributed by atoms with Crippen molar-refractivity contribution in [1.82, 2.24) is 0 Å². The van der Waals surface area contributed by atoms with Crippen LogP contribution in [0.25, 0.3) is 0 Å². The number of aryl methyl sites for hydroxylation is 2. The van der Waals surface area contributed by atoms with Gasteiger partial charge in [-0.05, 0) is 55.7 Å². The molecule has 0 heterocycles. The first-order valence-corrected chi connectivity index (χ1v) is 7.40. The lowest BCUT2D eigenvalue weighted by atomic mass is 9.69. The maximum absolute atomic E-state index is 6.73. The molecule has 2 atom stereocenters. The van der Waals surface area contributed by atoms with Crippen molar-refractivity contribution >= 4 is 0 Å². The van der Waals surface area contributed by atoms with Gasteiger partial charge in [-0.15, -0.1) is 0 Å². The number of rotatable bonds is 3. The van der Waals surface area contributed by atoms with E-state index >= 15 is 0 Å². The van der Waals surface area contributed by atoms with Crippen LogP contribution >= 0.6 is 0 Å². The highest BCUT2D eigenvalue weighted by Gasteiger charge is 2.35. The highest BCUT2D eigenvalue weighted by atomic mass is 14.8. The third-order valence-corrected chi connectivity index (χ3v) is 4.86. The summed E-state index contributed by atoms with van der Waals surface area (Å²) in [4.78, 5) is 0. The summed E-state index contributed by atoms with van der Waals surface area (Å²) in [7, 11) is 0. The van der Waals surface area contributed by atoms with Crippen LogP contribution < -0.4 is 5.73 Å². The number of hydrogen-bond donors (Lipinski definition) is 1. The van der Waals surface area contributed by atoms with Crippen molar-refractivity contribution in [1.29, 1.82) is 0 Å². The SMILES string of the molecule is CCC1CCCCC1(N)Cc1ccc(C)c(C)c1. The van der Waals surface area contributed by atoms with Gasteiger partial charge in [-0.1, -0.05) is 44.4 Å². The van der Waals surface area contributed by atoms with E-state index in [0.29, 0.717) is 5.92 Å². The monoisotopic (exact) mass is 245 g/mol. The van der Waals surface area contributed by atoms with Crippen molar-refractivity contribution in [3.05, 3.63) is 34.9 Å². The van der Waals surface area contributed by atoms with Crippen molar-refractivity contribution < 1.29 is 0 Å². The quantitative estimate of drug-likeness (QED) is 0.851. The van der Waals surface area contributed by atoms with Crippen LogP contribution in [0, 0.1) is 19.8 Å². The van der Waals surface area contributed by atoms with Crippen molar-refractivity contribution in [2.24, 2.45) is 11.7 Å². The van der Waals surface area contributed by atoms with Gasteiger partial charge in [-0.3, -0.25) is 0 Å². The van der Waals surface area contributed by atoms with Gasteiger partial charge >= 0.3 is 0 Å². The molecule has 1 saturated carbocycles. The summed E-state index contributed by atoms with van der Waals surface area (Å²) in [5, 5.41) is 0. The molecule has 1 heteroatoms. The zero-order chi connectivity index (χ0) is 13.2. The Bertz CT molecular complexity index is 410. The zero-order valence-electron chi connectivity index (χ0n) is 12.1. The molecule has 0 bridgehead atoms. The normalized spacial score (nSPS) is 28.3. The summed E-state index contributed by atoms with van der Waals surface area (Å²) < 4.78 is 0. The highest BCUT2D eigenvalue weighted by molar-refractivity contribution is 5.31. The number of nitrogens with two attached hydrogens (primary N) is 1. The molecule has 1 nitrogen and oxygen atoms in total. The topological polar surface area (TPSA) is 26.0 Å². The van der Waals surface area contributed by atoms with E-state index in [0.717, 1.165) is 6.42 Å². The largest absolute Gasteiger partial charge is 0.325 e. The molecule has 0 amide bonds. The predicted octanol–water partition coefficient (Wildman–Crippen LogP) is 4.14. The van der Waals surface area contributed by atoms with Gasteiger partial charge in [0.2, 0.25) is 0 Å². The molecular formula is C17H27N. The Morgan fingerprint density at radius 2 is 2.00 bits per heavy atom. The van der Waals surface area contributed by atoms with E-state index in [9.17, 15) is 0 Å². The second kappa shape index (κ2) is 5.44. The molecule has 2 rings (SSSR count). The van der Waals surface area contributed by atoms with E-state index in [4.69, 9.17) is 5.73 Å². The molecule has 1 aliphatic carbocycles. The highest BCUT2D eigenvalue weighted by Crippen LogP contribution is 2.36. The smallest absolute Gasteiger partial charge is 0.0223 e. The van der Waals surface area contributed by atoms with Gasteiger partial charge in [-0.2, -0.15) is 0 Å². The number of benzene rings is 1. The van der Waals surface area contributed by atoms with Gasteiger partial charge in [0.25, 0.3) is 0 Å². The Morgan fingerprint density at radius 1 is 1.22 bits per heavy atom. The van der Waals surface area contributed by atoms with Crippen LogP contribution in [0.1, 0.15) is 55.7 Å². The van der Waals surface area contributed by atoms with Crippen molar-refractivity contribution in [3.8, 4) is 0 Å². The maximum atomic E-state index is 6.73. The van der Waals surface area contributed by atoms with Gasteiger partial charge in [-0.25, -0.2) is 0 Å². The molecule has 1 aromatic carbocycles. The van der Waals surface area contributed by atoms with E-state index in [1.54, 1.807) is 0 Å². The van der Waals surface area contributed by atoms with Crippen molar-refractivity contribution in [2.75, 3.05) is 0 Å². The Morgan fingerprint density at radius 3 is 2.67 bits per heavy atom. The summed E-state index contributed by atoms with van der Waals surface area (Å²) in [5.41, 5.74) is 11.0. The Labute approximate surface area is 112 Å². The molecule has 0 aliphatic heterocycles. The molecule has 2 N–H and O–H groups in total. The Balaban J connectivity index is 2.17. The van der Waals surface area contributed by atoms with Crippen molar-refractivity contribution in [3.63, 3.8) is 0 Å². The summed E-state index contributed by atoms with van der Waals surface area (Å²) in [6.45, 7) is 6.66. The minimum atomic E-state index is 0.0364. The van der Waals surface area contributed by atoms with Gasteiger partial charge in [0.1, 0.15) is 0 Å². The second-order valence-electron chi connectivity index (χ2n) is 6.18. The molecule has 0 saturated heterocycles. The first-order valence-electron chi connectivity index (χ1n) is 7.40. The fraction of sp³-hybridized carbons (Fsp3) is 0.647. The minimum absolute atomic E-state index is 0.0364. The fourth-order valence-electron chi connectivity index (χ4n) is 3.47. The summed E-state index contributed by atoms with van der Waals surface area (Å²) in [6.07, 6.45) is 7.45. The van der Waals surface area contributed by atoms with Crippen molar-refractivity contribution in [2.45, 2.75) is 64.8 Å². The average molecular weight is 245 g/mol. The molecule has 18 heavy (non-hydrogen) atoms. The first kappa shape index (κ1) is 13.6. The molecule has 2 unspecified atom stereocenters. The number of hydrogen-bond acceptors (Lipinski definition) is 1. The molecule has 1 aromatic rings. The first-order chi connectivity index (χ1) is 8.55. The molecule has 1 aliphatic rings. The van der Waals surface area contributed by atoms with E-state index in [1.165, 1.54) is 48.8 Å². The lowest BCUT2D eigenvalue weighted by molar-refractivity contribution is 0.182. The Hall–Kier alpha value is -0.820. The van der Waals surface area contributed by atoms with Crippen LogP contribution in [-0.4, -0.2) is 5.54 Å². The van der Waals surface area contributed by atoms with Gasteiger partial charge < -0.3 is 5.73 Å². The van der Waals surface area contributed by atoms with Crippen LogP contribution in [0.3, 0.4) is 0 Å². The maximum Gasteiger partial charge on any atom is 0.0223 e. The van der Waals surface area contributed by atoms with Crippen LogP contribution in [0.15, 0.2) is 18.2 Å². The third-order valence-electron chi connectivity index (χ3n) is 4.86. The van der Waals surface area contributed by atoms with E-state index in [2.05, 4.69) is 39.0 Å². The van der Waals surface area contributed by atoms with E-state index < -0.39 is 0 Å². The van der Waals surface area contributed by atoms with Crippen LogP contribution in [0.2, 0.25) is 0 Å². The van der Waals surface area contributed by atoms with E-state index in [-0.39, 0.29) is 5.54 Å².